The van der Waals surface area contributed by atoms with Crippen molar-refractivity contribution in [2.75, 3.05) is 19.6 Å². The third-order valence-corrected chi connectivity index (χ3v) is 5.51. The van der Waals surface area contributed by atoms with Gasteiger partial charge in [0.15, 0.2) is 0 Å². The molecule has 21 heavy (non-hydrogen) atoms. The normalized spacial score (nSPS) is 28.0. The third kappa shape index (κ3) is 3.67. The number of nitrogens with one attached hydrogen (secondary N) is 1. The van der Waals surface area contributed by atoms with Crippen LogP contribution in [0.15, 0.2) is 30.3 Å². The molecule has 0 radical (unpaired) electrons. The Morgan fingerprint density at radius 3 is 2.48 bits per heavy atom. The van der Waals surface area contributed by atoms with Crippen LogP contribution in [0.1, 0.15) is 47.1 Å². The predicted octanol–water partition coefficient (Wildman–Crippen LogP) is 3.88. The van der Waals surface area contributed by atoms with Crippen molar-refractivity contribution < 1.29 is 0 Å². The molecule has 0 bridgehead atoms. The van der Waals surface area contributed by atoms with E-state index in [0.717, 1.165) is 19.6 Å². The highest BCUT2D eigenvalue weighted by Gasteiger charge is 2.37. The van der Waals surface area contributed by atoms with E-state index in [9.17, 15) is 0 Å². The van der Waals surface area contributed by atoms with Gasteiger partial charge in [0.25, 0.3) is 0 Å². The van der Waals surface area contributed by atoms with Gasteiger partial charge >= 0.3 is 0 Å². The highest BCUT2D eigenvalue weighted by atomic mass is 15.3. The van der Waals surface area contributed by atoms with Crippen LogP contribution in [0, 0.1) is 11.3 Å². The maximum Gasteiger partial charge on any atom is 0.0535 e. The second-order valence-corrected chi connectivity index (χ2v) is 7.98. The van der Waals surface area contributed by atoms with Crippen molar-refractivity contribution in [2.45, 2.75) is 53.1 Å². The molecule has 1 aliphatic rings. The van der Waals surface area contributed by atoms with Crippen molar-refractivity contribution in [1.29, 1.82) is 0 Å². The predicted molar refractivity (Wildman–Crippen MR) is 91.5 cm³/mol. The Morgan fingerprint density at radius 1 is 1.29 bits per heavy atom. The zero-order valence-electron chi connectivity index (χ0n) is 14.6. The van der Waals surface area contributed by atoms with Crippen molar-refractivity contribution in [2.24, 2.45) is 11.3 Å². The summed E-state index contributed by atoms with van der Waals surface area (Å²) in [5.74, 6) is 0.697. The Kier molecular flexibility index (Phi) is 4.79. The Hall–Kier alpha value is -0.860. The quantitative estimate of drug-likeness (QED) is 0.904. The summed E-state index contributed by atoms with van der Waals surface area (Å²) >= 11 is 0. The fraction of sp³-hybridized carbons (Fsp3) is 0.684. The van der Waals surface area contributed by atoms with Gasteiger partial charge in [-0.05, 0) is 30.7 Å². The fourth-order valence-corrected chi connectivity index (χ4v) is 3.04. The molecule has 1 fully saturated rings. The van der Waals surface area contributed by atoms with Crippen molar-refractivity contribution in [1.82, 2.24) is 10.2 Å². The summed E-state index contributed by atoms with van der Waals surface area (Å²) in [7, 11) is 0. The smallest absolute Gasteiger partial charge is 0.0535 e. The number of rotatable bonds is 4. The summed E-state index contributed by atoms with van der Waals surface area (Å²) in [5.41, 5.74) is 1.80. The summed E-state index contributed by atoms with van der Waals surface area (Å²) in [6, 6.07) is 11.5. The standard InChI is InChI=1S/C19H32N2/c1-15(2)18(4,5)13-21-14-19(6,20-12-16(21)3)17-10-8-7-9-11-17/h7-11,15-16,20H,12-14H2,1-6H3. The molecular weight excluding hydrogens is 256 g/mol. The first-order valence-electron chi connectivity index (χ1n) is 8.29. The minimum Gasteiger partial charge on any atom is -0.305 e. The summed E-state index contributed by atoms with van der Waals surface area (Å²) in [4.78, 5) is 2.67. The molecule has 1 aliphatic heterocycles. The minimum atomic E-state index is 0.0564. The molecule has 1 N–H and O–H groups in total. The van der Waals surface area contributed by atoms with E-state index in [4.69, 9.17) is 0 Å². The average molecular weight is 288 g/mol. The van der Waals surface area contributed by atoms with Crippen LogP contribution in [0.5, 0.6) is 0 Å². The lowest BCUT2D eigenvalue weighted by Gasteiger charge is -2.48. The Labute approximate surface area is 130 Å². The maximum atomic E-state index is 3.76. The summed E-state index contributed by atoms with van der Waals surface area (Å²) < 4.78 is 0. The molecule has 2 rings (SSSR count). The van der Waals surface area contributed by atoms with E-state index in [0.29, 0.717) is 17.4 Å². The van der Waals surface area contributed by atoms with Gasteiger partial charge in [-0.2, -0.15) is 0 Å². The van der Waals surface area contributed by atoms with Crippen molar-refractivity contribution in [3.8, 4) is 0 Å². The van der Waals surface area contributed by atoms with Gasteiger partial charge in [0, 0.05) is 25.7 Å². The Balaban J connectivity index is 2.16. The molecule has 0 aromatic heterocycles. The molecular formula is C19H32N2. The van der Waals surface area contributed by atoms with Gasteiger partial charge in [0.05, 0.1) is 5.54 Å². The second kappa shape index (κ2) is 6.10. The molecule has 2 heteroatoms. The van der Waals surface area contributed by atoms with E-state index in [1.54, 1.807) is 0 Å². The summed E-state index contributed by atoms with van der Waals surface area (Å²) in [5, 5.41) is 3.76. The Bertz CT molecular complexity index is 452. The molecule has 0 saturated carbocycles. The largest absolute Gasteiger partial charge is 0.305 e. The van der Waals surface area contributed by atoms with Crippen molar-refractivity contribution in [3.63, 3.8) is 0 Å². The first-order chi connectivity index (χ1) is 9.74. The molecule has 118 valence electrons. The van der Waals surface area contributed by atoms with Crippen LogP contribution in [0.4, 0.5) is 0 Å². The number of hydrogen-bond donors (Lipinski definition) is 1. The molecule has 0 aliphatic carbocycles. The fourth-order valence-electron chi connectivity index (χ4n) is 3.04. The van der Waals surface area contributed by atoms with E-state index < -0.39 is 0 Å². The molecule has 0 spiro atoms. The van der Waals surface area contributed by atoms with Crippen molar-refractivity contribution in [3.05, 3.63) is 35.9 Å². The molecule has 1 saturated heterocycles. The number of nitrogens with zero attached hydrogens (tertiary/aromatic N) is 1. The van der Waals surface area contributed by atoms with Gasteiger partial charge in [0.2, 0.25) is 0 Å². The average Bonchev–Trinajstić information content (AvgIpc) is 2.44. The van der Waals surface area contributed by atoms with Gasteiger partial charge in [0.1, 0.15) is 0 Å². The highest BCUT2D eigenvalue weighted by Crippen LogP contribution is 2.32. The van der Waals surface area contributed by atoms with Gasteiger partial charge in [-0.3, -0.25) is 4.90 Å². The lowest BCUT2D eigenvalue weighted by Crippen LogP contribution is -2.61. The van der Waals surface area contributed by atoms with Crippen LogP contribution < -0.4 is 5.32 Å². The summed E-state index contributed by atoms with van der Waals surface area (Å²) in [6.07, 6.45) is 0. The van der Waals surface area contributed by atoms with Crippen LogP contribution in [-0.2, 0) is 5.54 Å². The molecule has 1 aromatic carbocycles. The van der Waals surface area contributed by atoms with Crippen LogP contribution in [0.3, 0.4) is 0 Å². The first-order valence-corrected chi connectivity index (χ1v) is 8.29. The lowest BCUT2D eigenvalue weighted by molar-refractivity contribution is 0.0434. The van der Waals surface area contributed by atoms with Gasteiger partial charge in [-0.25, -0.2) is 0 Å². The second-order valence-electron chi connectivity index (χ2n) is 7.98. The molecule has 2 unspecified atom stereocenters. The van der Waals surface area contributed by atoms with Crippen LogP contribution >= 0.6 is 0 Å². The maximum absolute atomic E-state index is 3.76. The molecule has 2 nitrogen and oxygen atoms in total. The third-order valence-electron chi connectivity index (χ3n) is 5.51. The lowest BCUT2D eigenvalue weighted by atomic mass is 9.79. The van der Waals surface area contributed by atoms with E-state index in [-0.39, 0.29) is 5.54 Å². The number of hydrogen-bond acceptors (Lipinski definition) is 2. The topological polar surface area (TPSA) is 15.3 Å². The van der Waals surface area contributed by atoms with Gasteiger partial charge in [-0.15, -0.1) is 0 Å². The Morgan fingerprint density at radius 2 is 1.90 bits per heavy atom. The molecule has 2 atom stereocenters. The summed E-state index contributed by atoms with van der Waals surface area (Å²) in [6.45, 7) is 17.4. The van der Waals surface area contributed by atoms with Gasteiger partial charge in [-0.1, -0.05) is 58.0 Å². The SMILES string of the molecule is CC1CNC(C)(c2ccccc2)CN1CC(C)(C)C(C)C. The van der Waals surface area contributed by atoms with E-state index >= 15 is 0 Å². The zero-order valence-corrected chi connectivity index (χ0v) is 14.6. The van der Waals surface area contributed by atoms with Gasteiger partial charge < -0.3 is 5.32 Å². The van der Waals surface area contributed by atoms with E-state index in [2.05, 4.69) is 82.1 Å². The number of benzene rings is 1. The van der Waals surface area contributed by atoms with E-state index in [1.165, 1.54) is 5.56 Å². The molecule has 1 heterocycles. The zero-order chi connectivity index (χ0) is 15.7. The minimum absolute atomic E-state index is 0.0564. The van der Waals surface area contributed by atoms with Crippen LogP contribution in [0.25, 0.3) is 0 Å². The van der Waals surface area contributed by atoms with Crippen LogP contribution in [-0.4, -0.2) is 30.6 Å². The highest BCUT2D eigenvalue weighted by molar-refractivity contribution is 5.25. The molecule has 0 amide bonds. The first kappa shape index (κ1) is 16.5. The number of piperazine rings is 1. The monoisotopic (exact) mass is 288 g/mol. The van der Waals surface area contributed by atoms with E-state index in [1.807, 2.05) is 0 Å². The van der Waals surface area contributed by atoms with Crippen molar-refractivity contribution >= 4 is 0 Å². The van der Waals surface area contributed by atoms with Crippen LogP contribution in [0.2, 0.25) is 0 Å². The molecule has 1 aromatic rings.